The second-order valence-electron chi connectivity index (χ2n) is 3.09. The summed E-state index contributed by atoms with van der Waals surface area (Å²) in [5, 5.41) is 20.7. The van der Waals surface area contributed by atoms with Crippen molar-refractivity contribution in [2.45, 2.75) is 6.92 Å². The van der Waals surface area contributed by atoms with Crippen molar-refractivity contribution < 1.29 is 10.2 Å². The molecule has 2 aromatic carbocycles. The van der Waals surface area contributed by atoms with Crippen molar-refractivity contribution in [1.29, 1.82) is 0 Å². The zero-order valence-electron chi connectivity index (χ0n) is 7.69. The van der Waals surface area contributed by atoms with Gasteiger partial charge in [0.25, 0.3) is 0 Å². The van der Waals surface area contributed by atoms with Crippen molar-refractivity contribution in [2.24, 2.45) is 0 Å². The summed E-state index contributed by atoms with van der Waals surface area (Å²) < 4.78 is 0. The van der Waals surface area contributed by atoms with Crippen molar-refractivity contribution >= 4 is 23.2 Å². The maximum Gasteiger partial charge on any atom is 0.161 e. The molecular weight excluding hydrogens is 200 g/mol. The maximum atomic E-state index is 9.45. The van der Waals surface area contributed by atoms with Gasteiger partial charge in [0.2, 0.25) is 0 Å². The number of rotatable bonds is 0. The number of halogens is 1. The zero-order chi connectivity index (χ0) is 9.42. The van der Waals surface area contributed by atoms with E-state index in [4.69, 9.17) is 0 Å². The summed E-state index contributed by atoms with van der Waals surface area (Å²) in [6.07, 6.45) is 0. The van der Waals surface area contributed by atoms with Crippen molar-refractivity contribution in [3.05, 3.63) is 35.9 Å². The number of aryl methyl sites for hydroxylation is 1. The minimum absolute atomic E-state index is 0. The Hall–Kier alpha value is -1.41. The number of fused-ring (bicyclic) bond motifs is 1. The summed E-state index contributed by atoms with van der Waals surface area (Å²) in [4.78, 5) is 0. The predicted octanol–water partition coefficient (Wildman–Crippen LogP) is 2.98. The van der Waals surface area contributed by atoms with Gasteiger partial charge in [-0.1, -0.05) is 24.3 Å². The van der Waals surface area contributed by atoms with Crippen LogP contribution in [0, 0.1) is 6.92 Å². The summed E-state index contributed by atoms with van der Waals surface area (Å²) in [6.45, 7) is 1.79. The number of aromatic hydroxyl groups is 2. The third-order valence-corrected chi connectivity index (χ3v) is 2.25. The monoisotopic (exact) mass is 210 g/mol. The van der Waals surface area contributed by atoms with E-state index in [-0.39, 0.29) is 23.9 Å². The second kappa shape index (κ2) is 3.76. The third-order valence-electron chi connectivity index (χ3n) is 2.25. The molecule has 0 aromatic heterocycles. The summed E-state index contributed by atoms with van der Waals surface area (Å²) in [5.74, 6) is -0.0881. The van der Waals surface area contributed by atoms with Crippen LogP contribution in [0.25, 0.3) is 10.8 Å². The Morgan fingerprint density at radius 3 is 2.43 bits per heavy atom. The molecule has 2 nitrogen and oxygen atoms in total. The highest BCUT2D eigenvalue weighted by Crippen LogP contribution is 2.34. The highest BCUT2D eigenvalue weighted by atomic mass is 35.5. The lowest BCUT2D eigenvalue weighted by atomic mass is 10.0. The fourth-order valence-electron chi connectivity index (χ4n) is 1.50. The number of phenols is 2. The van der Waals surface area contributed by atoms with Gasteiger partial charge in [-0.3, -0.25) is 0 Å². The van der Waals surface area contributed by atoms with E-state index in [2.05, 4.69) is 0 Å². The molecule has 0 fully saturated rings. The van der Waals surface area contributed by atoms with E-state index < -0.39 is 0 Å². The molecule has 74 valence electrons. The van der Waals surface area contributed by atoms with Crippen LogP contribution in [0.4, 0.5) is 0 Å². The first-order chi connectivity index (χ1) is 6.20. The van der Waals surface area contributed by atoms with E-state index in [1.165, 1.54) is 0 Å². The van der Waals surface area contributed by atoms with E-state index in [9.17, 15) is 10.2 Å². The van der Waals surface area contributed by atoms with Crippen LogP contribution < -0.4 is 0 Å². The molecule has 0 radical (unpaired) electrons. The van der Waals surface area contributed by atoms with Gasteiger partial charge in [-0.15, -0.1) is 12.4 Å². The van der Waals surface area contributed by atoms with Crippen LogP contribution in [0.5, 0.6) is 11.5 Å². The van der Waals surface area contributed by atoms with Gasteiger partial charge in [-0.05, 0) is 23.8 Å². The first-order valence-corrected chi connectivity index (χ1v) is 4.10. The topological polar surface area (TPSA) is 40.5 Å². The summed E-state index contributed by atoms with van der Waals surface area (Å²) >= 11 is 0. The van der Waals surface area contributed by atoms with Gasteiger partial charge in [-0.25, -0.2) is 0 Å². The van der Waals surface area contributed by atoms with Crippen LogP contribution in [-0.2, 0) is 0 Å². The van der Waals surface area contributed by atoms with Gasteiger partial charge in [0, 0.05) is 5.56 Å². The highest BCUT2D eigenvalue weighted by Gasteiger charge is 2.06. The second-order valence-corrected chi connectivity index (χ2v) is 3.09. The van der Waals surface area contributed by atoms with Crippen molar-refractivity contribution in [1.82, 2.24) is 0 Å². The van der Waals surface area contributed by atoms with Crippen LogP contribution in [0.3, 0.4) is 0 Å². The average molecular weight is 211 g/mol. The standard InChI is InChI=1S/C11H10O2.ClH/c1-7-9-5-3-2-4-8(9)6-10(12)11(7)13;/h2-6,12-13H,1H3;1H. The van der Waals surface area contributed by atoms with Crippen LogP contribution in [0.1, 0.15) is 5.56 Å². The Morgan fingerprint density at radius 2 is 1.71 bits per heavy atom. The fourth-order valence-corrected chi connectivity index (χ4v) is 1.50. The molecule has 0 aliphatic carbocycles. The Labute approximate surface area is 88.2 Å². The maximum absolute atomic E-state index is 9.45. The summed E-state index contributed by atoms with van der Waals surface area (Å²) in [7, 11) is 0. The molecule has 0 unspecified atom stereocenters. The van der Waals surface area contributed by atoms with Gasteiger partial charge < -0.3 is 10.2 Å². The number of hydrogen-bond acceptors (Lipinski definition) is 2. The molecule has 0 spiro atoms. The number of phenolic OH excluding ortho intramolecular Hbond substituents is 2. The lowest BCUT2D eigenvalue weighted by molar-refractivity contribution is 0.402. The summed E-state index contributed by atoms with van der Waals surface area (Å²) in [6, 6.07) is 9.20. The Balaban J connectivity index is 0.000000980. The lowest BCUT2D eigenvalue weighted by Gasteiger charge is -2.05. The van der Waals surface area contributed by atoms with Crippen LogP contribution in [0.15, 0.2) is 30.3 Å². The van der Waals surface area contributed by atoms with Crippen molar-refractivity contribution in [3.63, 3.8) is 0 Å². The van der Waals surface area contributed by atoms with E-state index in [1.54, 1.807) is 13.0 Å². The molecule has 2 N–H and O–H groups in total. The Kier molecular flexibility index (Phi) is 2.87. The molecular formula is C11H11ClO2. The lowest BCUT2D eigenvalue weighted by Crippen LogP contribution is -1.80. The van der Waals surface area contributed by atoms with E-state index in [0.717, 1.165) is 16.3 Å². The van der Waals surface area contributed by atoms with Crippen LogP contribution in [0.2, 0.25) is 0 Å². The fraction of sp³-hybridized carbons (Fsp3) is 0.0909. The molecule has 0 saturated carbocycles. The average Bonchev–Trinajstić information content (AvgIpc) is 2.15. The van der Waals surface area contributed by atoms with Crippen molar-refractivity contribution in [2.75, 3.05) is 0 Å². The molecule has 2 aromatic rings. The SMILES string of the molecule is Cc1c(O)c(O)cc2ccccc12.Cl. The quantitative estimate of drug-likeness (QED) is 0.657. The molecule has 0 heterocycles. The molecule has 0 aliphatic heterocycles. The molecule has 14 heavy (non-hydrogen) atoms. The Bertz CT molecular complexity index is 466. The third kappa shape index (κ3) is 1.49. The molecule has 3 heteroatoms. The smallest absolute Gasteiger partial charge is 0.161 e. The van der Waals surface area contributed by atoms with Gasteiger partial charge >= 0.3 is 0 Å². The van der Waals surface area contributed by atoms with Crippen LogP contribution >= 0.6 is 12.4 Å². The first-order valence-electron chi connectivity index (χ1n) is 4.10. The van der Waals surface area contributed by atoms with Gasteiger partial charge in [-0.2, -0.15) is 0 Å². The normalized spacial score (nSPS) is 9.79. The first kappa shape index (κ1) is 10.7. The molecule has 2 rings (SSSR count). The Morgan fingerprint density at radius 1 is 1.07 bits per heavy atom. The van der Waals surface area contributed by atoms with Crippen LogP contribution in [-0.4, -0.2) is 10.2 Å². The number of benzene rings is 2. The number of hydrogen-bond donors (Lipinski definition) is 2. The minimum Gasteiger partial charge on any atom is -0.504 e. The van der Waals surface area contributed by atoms with Gasteiger partial charge in [0.05, 0.1) is 0 Å². The molecule has 0 atom stereocenters. The molecule has 0 amide bonds. The van der Waals surface area contributed by atoms with E-state index in [1.807, 2.05) is 24.3 Å². The van der Waals surface area contributed by atoms with Gasteiger partial charge in [0.1, 0.15) is 0 Å². The van der Waals surface area contributed by atoms with Crippen molar-refractivity contribution in [3.8, 4) is 11.5 Å². The van der Waals surface area contributed by atoms with Gasteiger partial charge in [0.15, 0.2) is 11.5 Å². The highest BCUT2D eigenvalue weighted by molar-refractivity contribution is 5.89. The minimum atomic E-state index is -0.0591. The summed E-state index contributed by atoms with van der Waals surface area (Å²) in [5.41, 5.74) is 0.718. The zero-order valence-corrected chi connectivity index (χ0v) is 8.51. The largest absolute Gasteiger partial charge is 0.504 e. The molecule has 0 saturated heterocycles. The van der Waals surface area contributed by atoms with E-state index in [0.29, 0.717) is 0 Å². The molecule has 0 bridgehead atoms. The molecule has 0 aliphatic rings. The van der Waals surface area contributed by atoms with E-state index >= 15 is 0 Å². The predicted molar refractivity (Wildman–Crippen MR) is 59.3 cm³/mol.